The van der Waals surface area contributed by atoms with Crippen LogP contribution in [0, 0.1) is 5.41 Å². The Balaban J connectivity index is 1.76. The Bertz CT molecular complexity index is 429. The highest BCUT2D eigenvalue weighted by molar-refractivity contribution is 7.99. The first-order valence-electron chi connectivity index (χ1n) is 6.93. The van der Waals surface area contributed by atoms with Crippen molar-refractivity contribution < 1.29 is 9.26 Å². The average molecular weight is 283 g/mol. The van der Waals surface area contributed by atoms with Crippen LogP contribution < -0.4 is 5.32 Å². The van der Waals surface area contributed by atoms with E-state index < -0.39 is 0 Å². The fraction of sp³-hybridized carbons (Fsp3) is 0.846. The molecule has 1 N–H and O–H groups in total. The van der Waals surface area contributed by atoms with Gasteiger partial charge in [-0.2, -0.15) is 16.7 Å². The van der Waals surface area contributed by atoms with Gasteiger partial charge < -0.3 is 14.6 Å². The summed E-state index contributed by atoms with van der Waals surface area (Å²) >= 11 is 1.88. The summed E-state index contributed by atoms with van der Waals surface area (Å²) in [6.07, 6.45) is 2.37. The molecule has 3 rings (SSSR count). The average Bonchev–Trinajstić information content (AvgIpc) is 2.88. The number of hydrogen-bond acceptors (Lipinski definition) is 6. The largest absolute Gasteiger partial charge is 0.368 e. The van der Waals surface area contributed by atoms with Crippen LogP contribution in [0.25, 0.3) is 0 Å². The van der Waals surface area contributed by atoms with Crippen LogP contribution in [0.5, 0.6) is 0 Å². The van der Waals surface area contributed by atoms with Crippen LogP contribution in [-0.4, -0.2) is 34.8 Å². The molecular formula is C13H21N3O2S. The summed E-state index contributed by atoms with van der Waals surface area (Å²) in [5, 5.41) is 7.62. The lowest BCUT2D eigenvalue weighted by Gasteiger charge is -2.36. The first kappa shape index (κ1) is 13.4. The highest BCUT2D eigenvalue weighted by Crippen LogP contribution is 2.39. The molecule has 0 aromatic carbocycles. The molecule has 0 bridgehead atoms. The summed E-state index contributed by atoms with van der Waals surface area (Å²) in [5.74, 6) is 3.38. The van der Waals surface area contributed by atoms with Crippen molar-refractivity contribution in [3.8, 4) is 0 Å². The molecule has 0 spiro atoms. The highest BCUT2D eigenvalue weighted by Gasteiger charge is 2.37. The maximum Gasteiger partial charge on any atom is 0.244 e. The molecule has 5 nitrogen and oxygen atoms in total. The topological polar surface area (TPSA) is 60.2 Å². The van der Waals surface area contributed by atoms with E-state index >= 15 is 0 Å². The molecule has 2 aliphatic heterocycles. The van der Waals surface area contributed by atoms with Gasteiger partial charge >= 0.3 is 0 Å². The molecule has 1 aromatic rings. The summed E-state index contributed by atoms with van der Waals surface area (Å²) < 4.78 is 11.2. The number of nitrogens with one attached hydrogen (secondary N) is 1. The van der Waals surface area contributed by atoms with Crippen molar-refractivity contribution in [2.24, 2.45) is 5.41 Å². The molecule has 2 aliphatic rings. The van der Waals surface area contributed by atoms with Crippen molar-refractivity contribution in [1.82, 2.24) is 15.5 Å². The minimum Gasteiger partial charge on any atom is -0.368 e. The second kappa shape index (κ2) is 5.42. The second-order valence-electron chi connectivity index (χ2n) is 5.90. The van der Waals surface area contributed by atoms with Gasteiger partial charge in [0, 0.05) is 11.5 Å². The molecule has 2 fully saturated rings. The standard InChI is InChI=1S/C13H21N3O2S/c1-13(2)4-3-5-14-10(13)12-15-11(16-18-12)9-8-19-7-6-17-9/h9-10,14H,3-8H2,1-2H3. The lowest BCUT2D eigenvalue weighted by Crippen LogP contribution is -2.39. The van der Waals surface area contributed by atoms with Crippen LogP contribution in [-0.2, 0) is 4.74 Å². The summed E-state index contributed by atoms with van der Waals surface area (Å²) in [6.45, 7) is 6.29. The van der Waals surface area contributed by atoms with Gasteiger partial charge in [-0.25, -0.2) is 0 Å². The molecule has 0 saturated carbocycles. The van der Waals surface area contributed by atoms with Crippen LogP contribution >= 0.6 is 11.8 Å². The number of aromatic nitrogens is 2. The normalized spacial score (nSPS) is 31.3. The van der Waals surface area contributed by atoms with Gasteiger partial charge in [0.05, 0.1) is 12.6 Å². The Morgan fingerprint density at radius 2 is 2.32 bits per heavy atom. The predicted octanol–water partition coefficient (Wildman–Crippen LogP) is 2.32. The maximum atomic E-state index is 5.69. The fourth-order valence-corrected chi connectivity index (χ4v) is 3.60. The molecular weight excluding hydrogens is 262 g/mol. The third-order valence-corrected chi connectivity index (χ3v) is 4.93. The summed E-state index contributed by atoms with van der Waals surface area (Å²) in [6, 6.07) is 0.152. The molecule has 19 heavy (non-hydrogen) atoms. The van der Waals surface area contributed by atoms with Crippen molar-refractivity contribution in [2.45, 2.75) is 38.8 Å². The number of ether oxygens (including phenoxy) is 1. The number of thioether (sulfide) groups is 1. The molecule has 0 radical (unpaired) electrons. The van der Waals surface area contributed by atoms with Crippen molar-refractivity contribution in [1.29, 1.82) is 0 Å². The highest BCUT2D eigenvalue weighted by atomic mass is 32.2. The molecule has 106 valence electrons. The Morgan fingerprint density at radius 3 is 3.05 bits per heavy atom. The number of hydrogen-bond donors (Lipinski definition) is 1. The van der Waals surface area contributed by atoms with E-state index in [1.54, 1.807) is 0 Å². The predicted molar refractivity (Wildman–Crippen MR) is 74.1 cm³/mol. The van der Waals surface area contributed by atoms with Gasteiger partial charge in [0.15, 0.2) is 0 Å². The van der Waals surface area contributed by atoms with Gasteiger partial charge in [-0.3, -0.25) is 0 Å². The Labute approximate surface area is 117 Å². The zero-order chi connectivity index (χ0) is 13.3. The number of nitrogens with zero attached hydrogens (tertiary/aromatic N) is 2. The molecule has 3 heterocycles. The van der Waals surface area contributed by atoms with Crippen LogP contribution in [0.4, 0.5) is 0 Å². The number of piperidine rings is 1. The molecule has 0 amide bonds. The molecule has 2 atom stereocenters. The monoisotopic (exact) mass is 283 g/mol. The van der Waals surface area contributed by atoms with Gasteiger partial charge in [0.2, 0.25) is 11.7 Å². The zero-order valence-electron chi connectivity index (χ0n) is 11.5. The molecule has 1 aromatic heterocycles. The van der Waals surface area contributed by atoms with Gasteiger partial charge in [0.1, 0.15) is 6.10 Å². The fourth-order valence-electron chi connectivity index (χ4n) is 2.76. The van der Waals surface area contributed by atoms with Gasteiger partial charge in [-0.1, -0.05) is 19.0 Å². The minimum absolute atomic E-state index is 0.0112. The Kier molecular flexibility index (Phi) is 3.82. The SMILES string of the molecule is CC1(C)CCCNC1c1nc(C2CSCCO2)no1. The molecule has 0 aliphatic carbocycles. The van der Waals surface area contributed by atoms with Crippen LogP contribution in [0.3, 0.4) is 0 Å². The van der Waals surface area contributed by atoms with Gasteiger partial charge in [0.25, 0.3) is 0 Å². The zero-order valence-corrected chi connectivity index (χ0v) is 12.3. The van der Waals surface area contributed by atoms with Crippen LogP contribution in [0.2, 0.25) is 0 Å². The molecule has 2 unspecified atom stereocenters. The van der Waals surface area contributed by atoms with Gasteiger partial charge in [-0.15, -0.1) is 0 Å². The first-order chi connectivity index (χ1) is 9.17. The quantitative estimate of drug-likeness (QED) is 0.899. The first-order valence-corrected chi connectivity index (χ1v) is 8.08. The van der Waals surface area contributed by atoms with E-state index in [1.807, 2.05) is 11.8 Å². The van der Waals surface area contributed by atoms with Crippen molar-refractivity contribution >= 4 is 11.8 Å². The molecule has 6 heteroatoms. The third-order valence-electron chi connectivity index (χ3n) is 3.94. The molecule has 2 saturated heterocycles. The number of rotatable bonds is 2. The lowest BCUT2D eigenvalue weighted by molar-refractivity contribution is 0.0677. The van der Waals surface area contributed by atoms with E-state index in [2.05, 4.69) is 29.3 Å². The van der Waals surface area contributed by atoms with Crippen LogP contribution in [0.15, 0.2) is 4.52 Å². The van der Waals surface area contributed by atoms with Gasteiger partial charge in [-0.05, 0) is 24.8 Å². The smallest absolute Gasteiger partial charge is 0.244 e. The lowest BCUT2D eigenvalue weighted by atomic mass is 9.77. The van der Waals surface area contributed by atoms with E-state index in [9.17, 15) is 0 Å². The Hall–Kier alpha value is -0.590. The van der Waals surface area contributed by atoms with Crippen molar-refractivity contribution in [3.05, 3.63) is 11.7 Å². The van der Waals surface area contributed by atoms with Crippen LogP contribution in [0.1, 0.15) is 50.6 Å². The van der Waals surface area contributed by atoms with Crippen molar-refractivity contribution in [2.75, 3.05) is 24.7 Å². The van der Waals surface area contributed by atoms with E-state index in [4.69, 9.17) is 9.26 Å². The van der Waals surface area contributed by atoms with Crippen molar-refractivity contribution in [3.63, 3.8) is 0 Å². The maximum absolute atomic E-state index is 5.69. The second-order valence-corrected chi connectivity index (χ2v) is 7.05. The van der Waals surface area contributed by atoms with E-state index in [0.717, 1.165) is 24.7 Å². The minimum atomic E-state index is -0.0112. The van der Waals surface area contributed by atoms with E-state index in [-0.39, 0.29) is 17.6 Å². The van der Waals surface area contributed by atoms with E-state index in [1.165, 1.54) is 12.8 Å². The Morgan fingerprint density at radius 1 is 1.42 bits per heavy atom. The summed E-state index contributed by atoms with van der Waals surface area (Å²) in [4.78, 5) is 4.57. The van der Waals surface area contributed by atoms with E-state index in [0.29, 0.717) is 11.7 Å². The summed E-state index contributed by atoms with van der Waals surface area (Å²) in [5.41, 5.74) is 0.157. The third kappa shape index (κ3) is 2.80. The summed E-state index contributed by atoms with van der Waals surface area (Å²) in [7, 11) is 0.